The number of carbonyl (C=O) groups is 3. The van der Waals surface area contributed by atoms with Crippen molar-refractivity contribution in [1.29, 1.82) is 0 Å². The predicted molar refractivity (Wildman–Crippen MR) is 114 cm³/mol. The van der Waals surface area contributed by atoms with Crippen molar-refractivity contribution in [2.75, 3.05) is 13.7 Å². The zero-order chi connectivity index (χ0) is 23.1. The zero-order valence-electron chi connectivity index (χ0n) is 18.1. The van der Waals surface area contributed by atoms with Crippen molar-refractivity contribution in [3.8, 4) is 5.75 Å². The van der Waals surface area contributed by atoms with E-state index >= 15 is 0 Å². The molecular formula is C22H28N4O6. The summed E-state index contributed by atoms with van der Waals surface area (Å²) in [6, 6.07) is 7.20. The summed E-state index contributed by atoms with van der Waals surface area (Å²) >= 11 is 0. The predicted octanol–water partition coefficient (Wildman–Crippen LogP) is 1.36. The lowest BCUT2D eigenvalue weighted by Crippen LogP contribution is -2.55. The Morgan fingerprint density at radius 2 is 2.03 bits per heavy atom. The highest BCUT2D eigenvalue weighted by Crippen LogP contribution is 2.39. The molecule has 2 atom stereocenters. The molecule has 2 aromatic rings. The number of carboxylic acid groups (broad SMARTS) is 1. The highest BCUT2D eigenvalue weighted by Gasteiger charge is 2.47. The van der Waals surface area contributed by atoms with E-state index in [1.165, 1.54) is 0 Å². The Bertz CT molecular complexity index is 925. The van der Waals surface area contributed by atoms with Gasteiger partial charge in [0.15, 0.2) is 6.10 Å². The summed E-state index contributed by atoms with van der Waals surface area (Å²) < 4.78 is 13.0. The molecule has 1 saturated carbocycles. The maximum Gasteiger partial charge on any atom is 0.290 e. The van der Waals surface area contributed by atoms with Crippen LogP contribution in [-0.4, -0.2) is 63.7 Å². The molecule has 32 heavy (non-hydrogen) atoms. The molecular weight excluding hydrogens is 416 g/mol. The molecule has 1 aromatic carbocycles. The zero-order valence-corrected chi connectivity index (χ0v) is 18.1. The van der Waals surface area contributed by atoms with E-state index in [-0.39, 0.29) is 30.9 Å². The second-order valence-electron chi connectivity index (χ2n) is 7.48. The Morgan fingerprint density at radius 3 is 2.62 bits per heavy atom. The van der Waals surface area contributed by atoms with Gasteiger partial charge in [0.2, 0.25) is 5.91 Å². The van der Waals surface area contributed by atoms with E-state index in [1.807, 2.05) is 40.7 Å². The van der Waals surface area contributed by atoms with Crippen molar-refractivity contribution in [3.05, 3.63) is 48.0 Å². The summed E-state index contributed by atoms with van der Waals surface area (Å²) in [7, 11) is 1.61. The van der Waals surface area contributed by atoms with E-state index in [4.69, 9.17) is 19.4 Å². The number of carbonyl (C=O) groups excluding carboxylic acids is 2. The normalized spacial score (nSPS) is 20.2. The Hall–Kier alpha value is -3.40. The Balaban J connectivity index is 0.000000913. The average Bonchev–Trinajstić information content (AvgIpc) is 3.54. The number of aryl methyl sites for hydroxylation is 1. The third-order valence-corrected chi connectivity index (χ3v) is 5.50. The van der Waals surface area contributed by atoms with E-state index in [1.54, 1.807) is 19.6 Å². The van der Waals surface area contributed by atoms with Gasteiger partial charge in [-0.3, -0.25) is 14.4 Å². The van der Waals surface area contributed by atoms with Crippen molar-refractivity contribution in [3.63, 3.8) is 0 Å². The van der Waals surface area contributed by atoms with E-state index in [0.29, 0.717) is 6.54 Å². The van der Waals surface area contributed by atoms with Crippen LogP contribution in [0.2, 0.25) is 0 Å². The molecule has 10 heteroatoms. The van der Waals surface area contributed by atoms with Crippen molar-refractivity contribution < 1.29 is 29.0 Å². The molecule has 0 unspecified atom stereocenters. The number of nitrogens with zero attached hydrogens (tertiary/aromatic N) is 3. The molecule has 4 rings (SSSR count). The number of hydrogen-bond donors (Lipinski definition) is 2. The molecule has 2 N–H and O–H groups in total. The molecule has 172 valence electrons. The first-order chi connectivity index (χ1) is 15.5. The van der Waals surface area contributed by atoms with E-state index in [0.717, 1.165) is 36.4 Å². The van der Waals surface area contributed by atoms with Crippen LogP contribution >= 0.6 is 0 Å². The van der Waals surface area contributed by atoms with Crippen molar-refractivity contribution >= 4 is 18.3 Å². The maximum atomic E-state index is 13.1. The lowest BCUT2D eigenvalue weighted by Gasteiger charge is -2.40. The van der Waals surface area contributed by atoms with Gasteiger partial charge < -0.3 is 29.4 Å². The first-order valence-electron chi connectivity index (χ1n) is 10.4. The number of rotatable bonds is 7. The van der Waals surface area contributed by atoms with Crippen LogP contribution in [0.5, 0.6) is 5.75 Å². The van der Waals surface area contributed by atoms with Gasteiger partial charge in [0.1, 0.15) is 12.4 Å². The standard InChI is InChI=1S/C21H26N4O4.CH2O2/c1-3-24-13-22-10-16(24)11-23-21(27)20-19(14-4-8-17(28-2)9-5-14)25(15-6-7-15)18(26)12-29-20;2-1-3/h4-5,8-10,13,15,19-20H,3,6-7,11-12H2,1-2H3,(H,23,27);1H,(H,2,3)/t19-,20+;/m1./s1. The van der Waals surface area contributed by atoms with Gasteiger partial charge in [0.25, 0.3) is 12.4 Å². The molecule has 0 bridgehead atoms. The van der Waals surface area contributed by atoms with Gasteiger partial charge in [-0.25, -0.2) is 4.98 Å². The molecule has 1 aromatic heterocycles. The minimum absolute atomic E-state index is 0.0681. The first kappa shape index (κ1) is 23.3. The fourth-order valence-corrected chi connectivity index (χ4v) is 3.83. The number of ether oxygens (including phenoxy) is 2. The lowest BCUT2D eigenvalue weighted by molar-refractivity contribution is -0.165. The van der Waals surface area contributed by atoms with Gasteiger partial charge in [-0.05, 0) is 37.5 Å². The average molecular weight is 444 g/mol. The highest BCUT2D eigenvalue weighted by atomic mass is 16.5. The first-order valence-corrected chi connectivity index (χ1v) is 10.4. The fourth-order valence-electron chi connectivity index (χ4n) is 3.83. The van der Waals surface area contributed by atoms with Gasteiger partial charge in [0.05, 0.1) is 31.7 Å². The van der Waals surface area contributed by atoms with Crippen LogP contribution in [0, 0.1) is 0 Å². The Labute approximate surface area is 186 Å². The van der Waals surface area contributed by atoms with Crippen molar-refractivity contribution in [2.24, 2.45) is 0 Å². The van der Waals surface area contributed by atoms with Crippen LogP contribution in [-0.2, 0) is 32.2 Å². The summed E-state index contributed by atoms with van der Waals surface area (Å²) in [5.74, 6) is 0.429. The summed E-state index contributed by atoms with van der Waals surface area (Å²) in [5, 5.41) is 9.85. The quantitative estimate of drug-likeness (QED) is 0.618. The summed E-state index contributed by atoms with van der Waals surface area (Å²) in [5.41, 5.74) is 1.79. The molecule has 1 aliphatic heterocycles. The third-order valence-electron chi connectivity index (χ3n) is 5.50. The van der Waals surface area contributed by atoms with Crippen molar-refractivity contribution in [2.45, 2.75) is 51.0 Å². The Morgan fingerprint density at radius 1 is 1.34 bits per heavy atom. The van der Waals surface area contributed by atoms with Crippen LogP contribution in [0.4, 0.5) is 0 Å². The third kappa shape index (κ3) is 5.25. The van der Waals surface area contributed by atoms with Crippen LogP contribution < -0.4 is 10.1 Å². The van der Waals surface area contributed by atoms with Gasteiger partial charge in [-0.15, -0.1) is 0 Å². The minimum atomic E-state index is -0.764. The fraction of sp³-hybridized carbons (Fsp3) is 0.455. The molecule has 1 aliphatic carbocycles. The number of amides is 2. The molecule has 10 nitrogen and oxygen atoms in total. The van der Waals surface area contributed by atoms with Crippen molar-refractivity contribution in [1.82, 2.24) is 19.8 Å². The SMILES string of the molecule is CCn1cncc1CNC(=O)[C@H]1OCC(=O)N(C2CC2)[C@@H]1c1ccc(OC)cc1.O=CO. The number of benzene rings is 1. The van der Waals surface area contributed by atoms with Crippen LogP contribution in [0.1, 0.15) is 37.1 Å². The van der Waals surface area contributed by atoms with Gasteiger partial charge >= 0.3 is 0 Å². The molecule has 2 fully saturated rings. The second kappa shape index (κ2) is 10.8. The van der Waals surface area contributed by atoms with E-state index < -0.39 is 12.1 Å². The minimum Gasteiger partial charge on any atom is -0.497 e. The molecule has 0 spiro atoms. The number of methoxy groups -OCH3 is 1. The molecule has 1 saturated heterocycles. The lowest BCUT2D eigenvalue weighted by atomic mass is 9.96. The number of nitrogens with one attached hydrogen (secondary N) is 1. The monoisotopic (exact) mass is 444 g/mol. The summed E-state index contributed by atoms with van der Waals surface area (Å²) in [4.78, 5) is 40.0. The number of hydrogen-bond acceptors (Lipinski definition) is 6. The maximum absolute atomic E-state index is 13.1. The highest BCUT2D eigenvalue weighted by molar-refractivity contribution is 5.86. The largest absolute Gasteiger partial charge is 0.497 e. The molecule has 0 radical (unpaired) electrons. The number of morpholine rings is 1. The molecule has 2 amide bonds. The smallest absolute Gasteiger partial charge is 0.290 e. The number of aromatic nitrogens is 2. The number of imidazole rings is 1. The van der Waals surface area contributed by atoms with Crippen LogP contribution in [0.15, 0.2) is 36.8 Å². The van der Waals surface area contributed by atoms with Gasteiger partial charge in [-0.2, -0.15) is 0 Å². The van der Waals surface area contributed by atoms with E-state index in [2.05, 4.69) is 10.3 Å². The topological polar surface area (TPSA) is 123 Å². The van der Waals surface area contributed by atoms with Crippen LogP contribution in [0.3, 0.4) is 0 Å². The molecule has 2 aliphatic rings. The summed E-state index contributed by atoms with van der Waals surface area (Å²) in [6.07, 6.45) is 4.64. The van der Waals surface area contributed by atoms with Crippen LogP contribution in [0.25, 0.3) is 0 Å². The van der Waals surface area contributed by atoms with E-state index in [9.17, 15) is 9.59 Å². The summed E-state index contributed by atoms with van der Waals surface area (Å²) in [6.45, 7) is 2.84. The van der Waals surface area contributed by atoms with Gasteiger partial charge in [0, 0.05) is 18.8 Å². The van der Waals surface area contributed by atoms with Gasteiger partial charge in [-0.1, -0.05) is 12.1 Å². The second-order valence-corrected chi connectivity index (χ2v) is 7.48. The Kier molecular flexibility index (Phi) is 7.82. The molecule has 2 heterocycles.